The molecule has 4 aromatic rings. The second-order valence-corrected chi connectivity index (χ2v) is 8.09. The summed E-state index contributed by atoms with van der Waals surface area (Å²) >= 11 is 1.16. The summed E-state index contributed by atoms with van der Waals surface area (Å²) in [5.41, 5.74) is 1.41. The van der Waals surface area contributed by atoms with Crippen molar-refractivity contribution in [1.29, 1.82) is 0 Å². The number of aryl methyl sites for hydroxylation is 1. The molecule has 2 aromatic carbocycles. The number of halogens is 1. The molecular weight excluding hydrogens is 447 g/mol. The van der Waals surface area contributed by atoms with E-state index in [1.807, 2.05) is 31.2 Å². The van der Waals surface area contributed by atoms with Gasteiger partial charge in [0.15, 0.2) is 5.16 Å². The Hall–Kier alpha value is -3.99. The van der Waals surface area contributed by atoms with E-state index in [1.165, 1.54) is 18.2 Å². The Kier molecular flexibility index (Phi) is 6.50. The molecule has 168 valence electrons. The van der Waals surface area contributed by atoms with Gasteiger partial charge in [0.05, 0.1) is 5.75 Å². The summed E-state index contributed by atoms with van der Waals surface area (Å²) in [6.07, 6.45) is 0.0967. The number of benzene rings is 2. The number of rotatable bonds is 7. The number of hydrogen-bond acceptors (Lipinski definition) is 6. The van der Waals surface area contributed by atoms with E-state index in [-0.39, 0.29) is 18.1 Å². The number of hydrogen-bond donors (Lipinski definition) is 3. The van der Waals surface area contributed by atoms with Crippen LogP contribution in [0.4, 0.5) is 10.1 Å². The zero-order chi connectivity index (χ0) is 23.4. The smallest absolute Gasteiger partial charge is 0.325 e. The zero-order valence-corrected chi connectivity index (χ0v) is 18.3. The van der Waals surface area contributed by atoms with Crippen LogP contribution in [0.3, 0.4) is 0 Å². The molecule has 1 amide bonds. The Balaban J connectivity index is 1.60. The van der Waals surface area contributed by atoms with Crippen LogP contribution in [0, 0.1) is 12.7 Å². The van der Waals surface area contributed by atoms with Gasteiger partial charge in [0.25, 0.3) is 5.56 Å². The Bertz CT molecular complexity index is 1380. The van der Waals surface area contributed by atoms with Gasteiger partial charge in [-0.3, -0.25) is 19.1 Å². The minimum atomic E-state index is -0.632. The summed E-state index contributed by atoms with van der Waals surface area (Å²) in [5, 5.41) is 11.6. The van der Waals surface area contributed by atoms with Crippen LogP contribution in [0.25, 0.3) is 5.69 Å². The molecule has 11 heteroatoms. The number of H-pyrrole nitrogens is 2. The minimum Gasteiger partial charge on any atom is -0.325 e. The van der Waals surface area contributed by atoms with E-state index < -0.39 is 17.1 Å². The highest BCUT2D eigenvalue weighted by Gasteiger charge is 2.17. The first-order valence-electron chi connectivity index (χ1n) is 9.90. The predicted molar refractivity (Wildman–Crippen MR) is 122 cm³/mol. The largest absolute Gasteiger partial charge is 0.325 e. The monoisotopic (exact) mass is 466 g/mol. The average molecular weight is 466 g/mol. The van der Waals surface area contributed by atoms with E-state index in [1.54, 1.807) is 16.7 Å². The third-order valence-corrected chi connectivity index (χ3v) is 5.63. The normalized spacial score (nSPS) is 10.8. The van der Waals surface area contributed by atoms with Crippen molar-refractivity contribution in [3.05, 3.63) is 98.3 Å². The molecule has 3 N–H and O–H groups in total. The van der Waals surface area contributed by atoms with Crippen LogP contribution in [0.2, 0.25) is 0 Å². The van der Waals surface area contributed by atoms with Crippen LogP contribution in [0.15, 0.2) is 69.3 Å². The van der Waals surface area contributed by atoms with Crippen molar-refractivity contribution in [2.45, 2.75) is 18.5 Å². The van der Waals surface area contributed by atoms with E-state index in [0.717, 1.165) is 23.0 Å². The topological polar surface area (TPSA) is 126 Å². The average Bonchev–Trinajstić information content (AvgIpc) is 3.16. The van der Waals surface area contributed by atoms with Gasteiger partial charge in [0.1, 0.15) is 11.6 Å². The van der Waals surface area contributed by atoms with Crippen LogP contribution in [-0.4, -0.2) is 36.4 Å². The number of para-hydroxylation sites is 1. The summed E-state index contributed by atoms with van der Waals surface area (Å²) in [5.74, 6) is -0.151. The molecule has 0 fully saturated rings. The fraction of sp³-hybridized carbons (Fsp3) is 0.136. The van der Waals surface area contributed by atoms with E-state index in [4.69, 9.17) is 0 Å². The number of amides is 1. The van der Waals surface area contributed by atoms with E-state index >= 15 is 0 Å². The predicted octanol–water partition coefficient (Wildman–Crippen LogP) is 2.41. The summed E-state index contributed by atoms with van der Waals surface area (Å²) in [7, 11) is 0. The van der Waals surface area contributed by atoms with Crippen molar-refractivity contribution in [2.24, 2.45) is 0 Å². The van der Waals surface area contributed by atoms with Crippen LogP contribution >= 0.6 is 11.8 Å². The molecule has 9 nitrogen and oxygen atoms in total. The molecule has 0 saturated heterocycles. The molecular formula is C22H19FN6O3S. The molecule has 33 heavy (non-hydrogen) atoms. The molecule has 0 atom stereocenters. The fourth-order valence-electron chi connectivity index (χ4n) is 3.17. The fourth-order valence-corrected chi connectivity index (χ4v) is 3.94. The molecule has 4 rings (SSSR count). The lowest BCUT2D eigenvalue weighted by molar-refractivity contribution is -0.113. The number of nitrogens with one attached hydrogen (secondary N) is 3. The van der Waals surface area contributed by atoms with Gasteiger partial charge in [-0.05, 0) is 42.8 Å². The van der Waals surface area contributed by atoms with Crippen LogP contribution in [-0.2, 0) is 11.2 Å². The van der Waals surface area contributed by atoms with Gasteiger partial charge < -0.3 is 10.3 Å². The first kappa shape index (κ1) is 22.2. The molecule has 2 aromatic heterocycles. The number of anilines is 1. The number of carbonyl (C=O) groups excluding carboxylic acids is 1. The summed E-state index contributed by atoms with van der Waals surface area (Å²) in [4.78, 5) is 40.4. The molecule has 0 aliphatic heterocycles. The van der Waals surface area contributed by atoms with Crippen molar-refractivity contribution in [3.63, 3.8) is 0 Å². The quantitative estimate of drug-likeness (QED) is 0.359. The Labute approximate surface area is 191 Å². The Morgan fingerprint density at radius 2 is 1.85 bits per heavy atom. The summed E-state index contributed by atoms with van der Waals surface area (Å²) in [6, 6.07) is 14.4. The van der Waals surface area contributed by atoms with Gasteiger partial charge in [-0.25, -0.2) is 9.18 Å². The summed E-state index contributed by atoms with van der Waals surface area (Å²) in [6.45, 7) is 1.90. The molecule has 0 aliphatic rings. The lowest BCUT2D eigenvalue weighted by Gasteiger charge is -2.11. The maximum Gasteiger partial charge on any atom is 0.325 e. The molecule has 0 spiro atoms. The lowest BCUT2D eigenvalue weighted by atomic mass is 10.2. The Morgan fingerprint density at radius 1 is 1.09 bits per heavy atom. The van der Waals surface area contributed by atoms with Gasteiger partial charge in [-0.2, -0.15) is 0 Å². The number of carbonyl (C=O) groups is 1. The first-order valence-corrected chi connectivity index (χ1v) is 10.9. The van der Waals surface area contributed by atoms with Gasteiger partial charge in [-0.15, -0.1) is 10.2 Å². The van der Waals surface area contributed by atoms with E-state index in [0.29, 0.717) is 22.4 Å². The molecule has 0 radical (unpaired) electrons. The molecule has 0 unspecified atom stereocenters. The van der Waals surface area contributed by atoms with Crippen molar-refractivity contribution in [3.8, 4) is 5.69 Å². The second-order valence-electron chi connectivity index (χ2n) is 7.15. The summed E-state index contributed by atoms with van der Waals surface area (Å²) < 4.78 is 15.1. The van der Waals surface area contributed by atoms with Crippen LogP contribution in [0.5, 0.6) is 0 Å². The minimum absolute atomic E-state index is 0.0650. The number of aromatic nitrogens is 5. The molecule has 0 saturated carbocycles. The van der Waals surface area contributed by atoms with E-state index in [2.05, 4.69) is 25.5 Å². The van der Waals surface area contributed by atoms with Gasteiger partial charge in [-0.1, -0.05) is 30.0 Å². The highest BCUT2D eigenvalue weighted by atomic mass is 32.2. The maximum atomic E-state index is 13.5. The third kappa shape index (κ3) is 5.44. The van der Waals surface area contributed by atoms with Crippen LogP contribution in [0.1, 0.15) is 17.1 Å². The third-order valence-electron chi connectivity index (χ3n) is 4.70. The first-order chi connectivity index (χ1) is 15.9. The molecule has 2 heterocycles. The van der Waals surface area contributed by atoms with Crippen molar-refractivity contribution < 1.29 is 9.18 Å². The molecule has 0 bridgehead atoms. The second kappa shape index (κ2) is 9.65. The van der Waals surface area contributed by atoms with E-state index in [9.17, 15) is 18.8 Å². The van der Waals surface area contributed by atoms with Crippen molar-refractivity contribution in [1.82, 2.24) is 24.7 Å². The zero-order valence-electron chi connectivity index (χ0n) is 17.5. The highest BCUT2D eigenvalue weighted by molar-refractivity contribution is 7.99. The standard InChI is InChI=1S/C22H19FN6O3S/c1-13-4-2-3-5-17(13)25-20(31)12-33-22-28-27-18(10-15-11-19(30)26-21(32)24-15)29(22)16-8-6-14(23)7-9-16/h2-9,11H,10,12H2,1H3,(H,25,31)(H2,24,26,30,32). The lowest BCUT2D eigenvalue weighted by Crippen LogP contribution is -2.23. The van der Waals surface area contributed by atoms with Crippen molar-refractivity contribution >= 4 is 23.4 Å². The number of thioether (sulfide) groups is 1. The van der Waals surface area contributed by atoms with Gasteiger partial charge in [0, 0.05) is 29.6 Å². The maximum absolute atomic E-state index is 13.5. The van der Waals surface area contributed by atoms with Gasteiger partial charge >= 0.3 is 5.69 Å². The van der Waals surface area contributed by atoms with Crippen LogP contribution < -0.4 is 16.6 Å². The number of nitrogens with zero attached hydrogens (tertiary/aromatic N) is 3. The Morgan fingerprint density at radius 3 is 2.58 bits per heavy atom. The molecule has 0 aliphatic carbocycles. The highest BCUT2D eigenvalue weighted by Crippen LogP contribution is 2.24. The van der Waals surface area contributed by atoms with Crippen molar-refractivity contribution in [2.75, 3.05) is 11.1 Å². The SMILES string of the molecule is Cc1ccccc1NC(=O)CSc1nnc(Cc2cc(=O)[nH]c(=O)[nH]2)n1-c1ccc(F)cc1. The number of aromatic amines is 2. The van der Waals surface area contributed by atoms with Gasteiger partial charge in [0.2, 0.25) is 5.91 Å².